The number of carboxylic acids is 1. The zero-order chi connectivity index (χ0) is 16.6. The Balaban J connectivity index is 1.86. The second-order valence-corrected chi connectivity index (χ2v) is 7.27. The van der Waals surface area contributed by atoms with E-state index >= 15 is 0 Å². The minimum absolute atomic E-state index is 0.210. The molecule has 7 heteroatoms. The number of hydrogen-bond donors (Lipinski definition) is 2. The summed E-state index contributed by atoms with van der Waals surface area (Å²) in [4.78, 5) is 38.6. The van der Waals surface area contributed by atoms with Gasteiger partial charge in [0, 0.05) is 23.3 Å². The average molecular weight is 336 g/mol. The van der Waals surface area contributed by atoms with Crippen LogP contribution in [-0.2, 0) is 22.4 Å². The van der Waals surface area contributed by atoms with E-state index in [9.17, 15) is 14.4 Å². The first kappa shape index (κ1) is 16.0. The fourth-order valence-corrected chi connectivity index (χ4v) is 4.58. The highest BCUT2D eigenvalue weighted by Crippen LogP contribution is 2.33. The quantitative estimate of drug-likeness (QED) is 0.871. The molecule has 2 atom stereocenters. The fourth-order valence-electron chi connectivity index (χ4n) is 3.34. The molecule has 0 radical (unpaired) electrons. The van der Waals surface area contributed by atoms with Gasteiger partial charge in [-0.25, -0.2) is 0 Å². The molecule has 124 valence electrons. The van der Waals surface area contributed by atoms with Crippen LogP contribution in [0.3, 0.4) is 0 Å². The van der Waals surface area contributed by atoms with Crippen LogP contribution in [0.5, 0.6) is 0 Å². The molecule has 1 aliphatic heterocycles. The summed E-state index contributed by atoms with van der Waals surface area (Å²) < 4.78 is 0. The van der Waals surface area contributed by atoms with Crippen LogP contribution >= 0.6 is 11.3 Å². The van der Waals surface area contributed by atoms with Crippen LogP contribution in [0.1, 0.15) is 40.6 Å². The smallest absolute Gasteiger partial charge is 0.305 e. The third kappa shape index (κ3) is 3.10. The Morgan fingerprint density at radius 2 is 2.26 bits per heavy atom. The molecule has 1 aromatic rings. The molecule has 1 saturated heterocycles. The number of nitrogens with zero attached hydrogens (tertiary/aromatic N) is 1. The van der Waals surface area contributed by atoms with E-state index in [0.29, 0.717) is 24.6 Å². The van der Waals surface area contributed by atoms with E-state index in [2.05, 4.69) is 12.2 Å². The third-order valence-corrected chi connectivity index (χ3v) is 5.64. The second-order valence-electron chi connectivity index (χ2n) is 6.30. The van der Waals surface area contributed by atoms with E-state index in [-0.39, 0.29) is 18.2 Å². The number of fused-ring (bicyclic) bond motifs is 1. The lowest BCUT2D eigenvalue weighted by atomic mass is 9.88. The summed E-state index contributed by atoms with van der Waals surface area (Å²) in [5, 5.41) is 13.5. The summed E-state index contributed by atoms with van der Waals surface area (Å²) >= 11 is 1.60. The monoisotopic (exact) mass is 336 g/mol. The number of hydrogen-bond acceptors (Lipinski definition) is 4. The van der Waals surface area contributed by atoms with Crippen molar-refractivity contribution >= 4 is 29.1 Å². The van der Waals surface area contributed by atoms with Crippen molar-refractivity contribution in [2.24, 2.45) is 5.92 Å². The Morgan fingerprint density at radius 3 is 3.00 bits per heavy atom. The lowest BCUT2D eigenvalue weighted by molar-refractivity contribution is -0.142. The predicted octanol–water partition coefficient (Wildman–Crippen LogP) is 1.29. The van der Waals surface area contributed by atoms with Crippen LogP contribution in [0.2, 0.25) is 0 Å². The largest absolute Gasteiger partial charge is 0.481 e. The van der Waals surface area contributed by atoms with Gasteiger partial charge >= 0.3 is 5.97 Å². The summed E-state index contributed by atoms with van der Waals surface area (Å²) in [6, 6.07) is -0.924. The van der Waals surface area contributed by atoms with Crippen LogP contribution in [0.25, 0.3) is 0 Å². The number of aliphatic carboxylic acids is 1. The summed E-state index contributed by atoms with van der Waals surface area (Å²) in [6.45, 7) is 2.93. The molecule has 0 spiro atoms. The number of amides is 2. The van der Waals surface area contributed by atoms with E-state index in [4.69, 9.17) is 5.11 Å². The Morgan fingerprint density at radius 1 is 1.48 bits per heavy atom. The van der Waals surface area contributed by atoms with Crippen molar-refractivity contribution in [3.63, 3.8) is 0 Å². The van der Waals surface area contributed by atoms with Gasteiger partial charge in [0.1, 0.15) is 6.04 Å². The van der Waals surface area contributed by atoms with Crippen LogP contribution in [-0.4, -0.2) is 46.9 Å². The van der Waals surface area contributed by atoms with Crippen LogP contribution in [0.4, 0.5) is 0 Å². The van der Waals surface area contributed by atoms with Crippen molar-refractivity contribution in [3.8, 4) is 0 Å². The molecule has 2 N–H and O–H groups in total. The van der Waals surface area contributed by atoms with Crippen LogP contribution < -0.4 is 5.32 Å². The van der Waals surface area contributed by atoms with Gasteiger partial charge in [-0.3, -0.25) is 14.4 Å². The molecule has 0 unspecified atom stereocenters. The Kier molecular flexibility index (Phi) is 4.39. The molecular weight excluding hydrogens is 316 g/mol. The fraction of sp³-hybridized carbons (Fsp3) is 0.562. The Labute approximate surface area is 138 Å². The minimum atomic E-state index is -1.08. The maximum Gasteiger partial charge on any atom is 0.305 e. The summed E-state index contributed by atoms with van der Waals surface area (Å²) in [7, 11) is 0. The van der Waals surface area contributed by atoms with E-state index in [0.717, 1.165) is 24.8 Å². The lowest BCUT2D eigenvalue weighted by Gasteiger charge is -2.34. The normalized spacial score (nSPS) is 24.0. The molecule has 6 nitrogen and oxygen atoms in total. The van der Waals surface area contributed by atoms with Gasteiger partial charge in [0.15, 0.2) is 0 Å². The second kappa shape index (κ2) is 6.31. The maximum absolute atomic E-state index is 12.9. The van der Waals surface area contributed by atoms with Gasteiger partial charge < -0.3 is 15.3 Å². The van der Waals surface area contributed by atoms with E-state index in [1.165, 1.54) is 9.78 Å². The van der Waals surface area contributed by atoms with Gasteiger partial charge in [0.05, 0.1) is 12.0 Å². The van der Waals surface area contributed by atoms with E-state index in [1.807, 2.05) is 5.38 Å². The van der Waals surface area contributed by atoms with Crippen LogP contribution in [0.15, 0.2) is 5.38 Å². The van der Waals surface area contributed by atoms with Gasteiger partial charge in [-0.15, -0.1) is 11.3 Å². The van der Waals surface area contributed by atoms with Gasteiger partial charge in [-0.05, 0) is 30.7 Å². The highest BCUT2D eigenvalue weighted by molar-refractivity contribution is 7.10. The molecule has 3 rings (SSSR count). The van der Waals surface area contributed by atoms with Gasteiger partial charge in [0.25, 0.3) is 5.91 Å². The molecule has 1 fully saturated rings. The number of piperazine rings is 1. The molecule has 2 aliphatic rings. The highest BCUT2D eigenvalue weighted by atomic mass is 32.1. The summed E-state index contributed by atoms with van der Waals surface area (Å²) in [6.07, 6.45) is 2.57. The number of thiophene rings is 1. The van der Waals surface area contributed by atoms with Crippen molar-refractivity contribution in [1.82, 2.24) is 10.2 Å². The van der Waals surface area contributed by atoms with E-state index in [1.54, 1.807) is 11.3 Å². The number of rotatable bonds is 3. The van der Waals surface area contributed by atoms with Gasteiger partial charge in [0.2, 0.25) is 5.91 Å². The van der Waals surface area contributed by atoms with Gasteiger partial charge in [-0.1, -0.05) is 6.92 Å². The number of nitrogens with one attached hydrogen (secondary N) is 1. The SMILES string of the molecule is C[C@@H]1CCc2c(C(=O)N3CCNC(=O)[C@@H]3CC(=O)O)csc2C1. The number of carbonyl (C=O) groups excluding carboxylic acids is 2. The molecule has 2 amide bonds. The molecule has 23 heavy (non-hydrogen) atoms. The standard InChI is InChI=1S/C16H20N2O4S/c1-9-2-3-10-11(8-23-13(10)6-9)16(22)18-5-4-17-15(21)12(18)7-14(19)20/h8-9,12H,2-7H2,1H3,(H,17,21)(H,19,20)/t9-,12+/m1/s1. The van der Waals surface area contributed by atoms with Crippen molar-refractivity contribution in [3.05, 3.63) is 21.4 Å². The lowest BCUT2D eigenvalue weighted by Crippen LogP contribution is -2.57. The highest BCUT2D eigenvalue weighted by Gasteiger charge is 2.36. The molecule has 0 saturated carbocycles. The molecule has 1 aromatic heterocycles. The van der Waals surface area contributed by atoms with Crippen molar-refractivity contribution in [2.75, 3.05) is 13.1 Å². The summed E-state index contributed by atoms with van der Waals surface area (Å²) in [5.74, 6) is -1.04. The predicted molar refractivity (Wildman–Crippen MR) is 85.6 cm³/mol. The minimum Gasteiger partial charge on any atom is -0.481 e. The molecule has 1 aliphatic carbocycles. The zero-order valence-electron chi connectivity index (χ0n) is 13.0. The van der Waals surface area contributed by atoms with E-state index < -0.39 is 12.0 Å². The van der Waals surface area contributed by atoms with Crippen molar-refractivity contribution in [2.45, 2.75) is 38.6 Å². The molecule has 2 heterocycles. The first-order valence-electron chi connectivity index (χ1n) is 7.87. The first-order valence-corrected chi connectivity index (χ1v) is 8.75. The Hall–Kier alpha value is -1.89. The Bertz CT molecular complexity index is 655. The number of carbonyl (C=O) groups is 3. The molecule has 0 aromatic carbocycles. The zero-order valence-corrected chi connectivity index (χ0v) is 13.8. The molecule has 0 bridgehead atoms. The topological polar surface area (TPSA) is 86.7 Å². The average Bonchev–Trinajstić information content (AvgIpc) is 2.91. The summed E-state index contributed by atoms with van der Waals surface area (Å²) in [5.41, 5.74) is 1.75. The first-order chi connectivity index (χ1) is 11.0. The third-order valence-electron chi connectivity index (χ3n) is 4.59. The number of carboxylic acid groups (broad SMARTS) is 1. The van der Waals surface area contributed by atoms with Crippen LogP contribution in [0, 0.1) is 5.92 Å². The van der Waals surface area contributed by atoms with Gasteiger partial charge in [-0.2, -0.15) is 0 Å². The maximum atomic E-state index is 12.9. The van der Waals surface area contributed by atoms with Crippen molar-refractivity contribution in [1.29, 1.82) is 0 Å². The molecular formula is C16H20N2O4S. The van der Waals surface area contributed by atoms with Crippen molar-refractivity contribution < 1.29 is 19.5 Å².